The van der Waals surface area contributed by atoms with Gasteiger partial charge in [-0.05, 0) is 19.4 Å². The molecule has 0 saturated heterocycles. The third-order valence-electron chi connectivity index (χ3n) is 2.72. The maximum Gasteiger partial charge on any atom is 0.123 e. The number of nitrogens with two attached hydrogens (primary N) is 1. The molecule has 0 radical (unpaired) electrons. The first-order valence-electron chi connectivity index (χ1n) is 6.51. The SMILES string of the molecule is CCOc1cc(N)cc(NCCCn2ccnc2)c1. The van der Waals surface area contributed by atoms with E-state index in [9.17, 15) is 0 Å². The molecule has 0 unspecified atom stereocenters. The highest BCUT2D eigenvalue weighted by atomic mass is 16.5. The molecule has 19 heavy (non-hydrogen) atoms. The van der Waals surface area contributed by atoms with Gasteiger partial charge >= 0.3 is 0 Å². The maximum absolute atomic E-state index is 5.84. The lowest BCUT2D eigenvalue weighted by Gasteiger charge is -2.10. The largest absolute Gasteiger partial charge is 0.494 e. The van der Waals surface area contributed by atoms with Crippen LogP contribution in [0.1, 0.15) is 13.3 Å². The summed E-state index contributed by atoms with van der Waals surface area (Å²) in [5.74, 6) is 0.805. The molecule has 0 atom stereocenters. The highest BCUT2D eigenvalue weighted by molar-refractivity contribution is 5.59. The molecule has 0 amide bonds. The molecule has 0 aliphatic rings. The van der Waals surface area contributed by atoms with Crippen LogP contribution >= 0.6 is 0 Å². The third-order valence-corrected chi connectivity index (χ3v) is 2.72. The molecule has 3 N–H and O–H groups in total. The van der Waals surface area contributed by atoms with Crippen molar-refractivity contribution in [3.05, 3.63) is 36.9 Å². The Morgan fingerprint density at radius 3 is 3.00 bits per heavy atom. The van der Waals surface area contributed by atoms with Crippen LogP contribution in [0.25, 0.3) is 0 Å². The molecule has 102 valence electrons. The summed E-state index contributed by atoms with van der Waals surface area (Å²) in [5.41, 5.74) is 7.54. The second-order valence-electron chi connectivity index (χ2n) is 4.30. The molecule has 0 saturated carbocycles. The number of aromatic nitrogens is 2. The normalized spacial score (nSPS) is 10.4. The van der Waals surface area contributed by atoms with Gasteiger partial charge in [-0.1, -0.05) is 0 Å². The Morgan fingerprint density at radius 2 is 2.26 bits per heavy atom. The summed E-state index contributed by atoms with van der Waals surface area (Å²) in [6.07, 6.45) is 6.61. The van der Waals surface area contributed by atoms with Gasteiger partial charge in [-0.15, -0.1) is 0 Å². The molecule has 0 aliphatic heterocycles. The van der Waals surface area contributed by atoms with Crippen LogP contribution in [0.4, 0.5) is 11.4 Å². The van der Waals surface area contributed by atoms with E-state index < -0.39 is 0 Å². The Kier molecular flexibility index (Phi) is 4.66. The number of rotatable bonds is 7. The molecule has 1 aromatic carbocycles. The summed E-state index contributed by atoms with van der Waals surface area (Å²) in [6.45, 7) is 4.44. The van der Waals surface area contributed by atoms with Crippen LogP contribution in [-0.2, 0) is 6.54 Å². The minimum absolute atomic E-state index is 0.642. The van der Waals surface area contributed by atoms with Gasteiger partial charge in [0.1, 0.15) is 5.75 Å². The summed E-state index contributed by atoms with van der Waals surface area (Å²) >= 11 is 0. The topological polar surface area (TPSA) is 65.1 Å². The Balaban J connectivity index is 1.81. The van der Waals surface area contributed by atoms with E-state index >= 15 is 0 Å². The predicted octanol–water partition coefficient (Wildman–Crippen LogP) is 2.37. The minimum atomic E-state index is 0.642. The number of benzene rings is 1. The zero-order chi connectivity index (χ0) is 13.5. The Labute approximate surface area is 113 Å². The van der Waals surface area contributed by atoms with Crippen LogP contribution < -0.4 is 15.8 Å². The summed E-state index contributed by atoms with van der Waals surface area (Å²) in [5, 5.41) is 3.35. The van der Waals surface area contributed by atoms with Gasteiger partial charge in [-0.25, -0.2) is 4.98 Å². The molecule has 0 aliphatic carbocycles. The van der Waals surface area contributed by atoms with Gasteiger partial charge < -0.3 is 20.4 Å². The van der Waals surface area contributed by atoms with Crippen molar-refractivity contribution in [3.8, 4) is 5.75 Å². The van der Waals surface area contributed by atoms with Gasteiger partial charge in [-0.3, -0.25) is 0 Å². The molecule has 0 fully saturated rings. The number of nitrogens with one attached hydrogen (secondary N) is 1. The average Bonchev–Trinajstić information content (AvgIpc) is 2.87. The molecule has 2 aromatic rings. The summed E-state index contributed by atoms with van der Waals surface area (Å²) < 4.78 is 7.52. The number of hydrogen-bond acceptors (Lipinski definition) is 4. The standard InChI is InChI=1S/C14H20N4O/c1-2-19-14-9-12(15)8-13(10-14)17-4-3-6-18-7-5-16-11-18/h5,7-11,17H,2-4,6,15H2,1H3. The van der Waals surface area contributed by atoms with Crippen molar-refractivity contribution in [2.45, 2.75) is 19.9 Å². The fourth-order valence-corrected chi connectivity index (χ4v) is 1.89. The fourth-order valence-electron chi connectivity index (χ4n) is 1.89. The molecule has 1 heterocycles. The van der Waals surface area contributed by atoms with E-state index in [0.29, 0.717) is 12.3 Å². The van der Waals surface area contributed by atoms with Gasteiger partial charge in [-0.2, -0.15) is 0 Å². The van der Waals surface area contributed by atoms with E-state index in [-0.39, 0.29) is 0 Å². The highest BCUT2D eigenvalue weighted by Crippen LogP contribution is 2.22. The number of anilines is 2. The van der Waals surface area contributed by atoms with Crippen LogP contribution in [0, 0.1) is 0 Å². The first kappa shape index (κ1) is 13.3. The zero-order valence-electron chi connectivity index (χ0n) is 11.2. The van der Waals surface area contributed by atoms with Gasteiger partial charge in [0.15, 0.2) is 0 Å². The molecule has 5 heteroatoms. The lowest BCUT2D eigenvalue weighted by molar-refractivity contribution is 0.340. The quantitative estimate of drug-likeness (QED) is 0.592. The Morgan fingerprint density at radius 1 is 1.37 bits per heavy atom. The van der Waals surface area contributed by atoms with Gasteiger partial charge in [0.2, 0.25) is 0 Å². The van der Waals surface area contributed by atoms with Crippen LogP contribution in [0.5, 0.6) is 5.75 Å². The van der Waals surface area contributed by atoms with Crippen molar-refractivity contribution in [2.75, 3.05) is 24.2 Å². The lowest BCUT2D eigenvalue weighted by atomic mass is 10.2. The van der Waals surface area contributed by atoms with Crippen molar-refractivity contribution < 1.29 is 4.74 Å². The van der Waals surface area contributed by atoms with Crippen LogP contribution in [0.15, 0.2) is 36.9 Å². The molecule has 5 nitrogen and oxygen atoms in total. The smallest absolute Gasteiger partial charge is 0.123 e. The highest BCUT2D eigenvalue weighted by Gasteiger charge is 1.99. The average molecular weight is 260 g/mol. The molecule has 2 rings (SSSR count). The molecular formula is C14H20N4O. The van der Waals surface area contributed by atoms with Crippen molar-refractivity contribution >= 4 is 11.4 Å². The second-order valence-corrected chi connectivity index (χ2v) is 4.30. The van der Waals surface area contributed by atoms with Crippen molar-refractivity contribution in [3.63, 3.8) is 0 Å². The molecule has 1 aromatic heterocycles. The van der Waals surface area contributed by atoms with E-state index in [4.69, 9.17) is 10.5 Å². The maximum atomic E-state index is 5.84. The monoisotopic (exact) mass is 260 g/mol. The third kappa shape index (κ3) is 4.21. The van der Waals surface area contributed by atoms with Gasteiger partial charge in [0, 0.05) is 49.0 Å². The van der Waals surface area contributed by atoms with Crippen LogP contribution in [0.3, 0.4) is 0 Å². The minimum Gasteiger partial charge on any atom is -0.494 e. The summed E-state index contributed by atoms with van der Waals surface area (Å²) in [7, 11) is 0. The first-order valence-corrected chi connectivity index (χ1v) is 6.51. The summed E-state index contributed by atoms with van der Waals surface area (Å²) in [6, 6.07) is 5.72. The number of nitrogen functional groups attached to an aromatic ring is 1. The van der Waals surface area contributed by atoms with Gasteiger partial charge in [0.25, 0.3) is 0 Å². The van der Waals surface area contributed by atoms with E-state index in [1.165, 1.54) is 0 Å². The lowest BCUT2D eigenvalue weighted by Crippen LogP contribution is -2.06. The van der Waals surface area contributed by atoms with Crippen molar-refractivity contribution in [2.24, 2.45) is 0 Å². The van der Waals surface area contributed by atoms with Gasteiger partial charge in [0.05, 0.1) is 12.9 Å². The predicted molar refractivity (Wildman–Crippen MR) is 77.4 cm³/mol. The number of aryl methyl sites for hydroxylation is 1. The van der Waals surface area contributed by atoms with E-state index in [2.05, 4.69) is 14.9 Å². The fraction of sp³-hybridized carbons (Fsp3) is 0.357. The molecule has 0 spiro atoms. The van der Waals surface area contributed by atoms with Crippen molar-refractivity contribution in [1.29, 1.82) is 0 Å². The Hall–Kier alpha value is -2.17. The number of ether oxygens (including phenoxy) is 1. The zero-order valence-corrected chi connectivity index (χ0v) is 11.2. The van der Waals surface area contributed by atoms with E-state index in [1.807, 2.05) is 37.6 Å². The van der Waals surface area contributed by atoms with Crippen LogP contribution in [-0.4, -0.2) is 22.7 Å². The number of nitrogens with zero attached hydrogens (tertiary/aromatic N) is 2. The molecule has 0 bridgehead atoms. The summed E-state index contributed by atoms with van der Waals surface area (Å²) in [4.78, 5) is 4.01. The van der Waals surface area contributed by atoms with E-state index in [1.54, 1.807) is 6.20 Å². The molecular weight excluding hydrogens is 240 g/mol. The second kappa shape index (κ2) is 6.68. The van der Waals surface area contributed by atoms with E-state index in [0.717, 1.165) is 30.9 Å². The number of imidazole rings is 1. The van der Waals surface area contributed by atoms with Crippen molar-refractivity contribution in [1.82, 2.24) is 9.55 Å². The van der Waals surface area contributed by atoms with Crippen LogP contribution in [0.2, 0.25) is 0 Å². The number of hydrogen-bond donors (Lipinski definition) is 2. The first-order chi connectivity index (χ1) is 9.28. The Bertz CT molecular complexity index is 496.